The molecule has 16 heavy (non-hydrogen) atoms. The summed E-state index contributed by atoms with van der Waals surface area (Å²) in [6, 6.07) is 4.53. The SMILES string of the molecule is CC1c2cccc(C(F)(F)F)c2CCN1C. The van der Waals surface area contributed by atoms with E-state index < -0.39 is 11.7 Å². The second kappa shape index (κ2) is 3.77. The average Bonchev–Trinajstić information content (AvgIpc) is 2.21. The lowest BCUT2D eigenvalue weighted by molar-refractivity contribution is -0.138. The number of benzene rings is 1. The van der Waals surface area contributed by atoms with Crippen LogP contribution >= 0.6 is 0 Å². The maximum absolute atomic E-state index is 12.8. The molecule has 0 bridgehead atoms. The number of nitrogens with zero attached hydrogens (tertiary/aromatic N) is 1. The lowest BCUT2D eigenvalue weighted by Gasteiger charge is -2.33. The van der Waals surface area contributed by atoms with Gasteiger partial charge in [0.25, 0.3) is 0 Å². The van der Waals surface area contributed by atoms with Crippen LogP contribution in [0.1, 0.15) is 29.7 Å². The summed E-state index contributed by atoms with van der Waals surface area (Å²) in [7, 11) is 1.94. The zero-order chi connectivity index (χ0) is 11.9. The summed E-state index contributed by atoms with van der Waals surface area (Å²) in [5, 5.41) is 0. The van der Waals surface area contributed by atoms with E-state index in [1.807, 2.05) is 14.0 Å². The molecule has 88 valence electrons. The summed E-state index contributed by atoms with van der Waals surface area (Å²) in [4.78, 5) is 2.07. The minimum atomic E-state index is -4.24. The molecule has 0 fully saturated rings. The van der Waals surface area contributed by atoms with Gasteiger partial charge in [0.1, 0.15) is 0 Å². The van der Waals surface area contributed by atoms with Crippen molar-refractivity contribution >= 4 is 0 Å². The van der Waals surface area contributed by atoms with Gasteiger partial charge in [0.15, 0.2) is 0 Å². The summed E-state index contributed by atoms with van der Waals surface area (Å²) in [5.41, 5.74) is 0.814. The minimum Gasteiger partial charge on any atom is -0.299 e. The number of likely N-dealkylation sites (N-methyl/N-ethyl adjacent to an activating group) is 1. The van der Waals surface area contributed by atoms with E-state index in [0.29, 0.717) is 18.5 Å². The van der Waals surface area contributed by atoms with Gasteiger partial charge in [-0.15, -0.1) is 0 Å². The molecule has 0 amide bonds. The molecule has 0 saturated carbocycles. The molecule has 1 aromatic carbocycles. The van der Waals surface area contributed by atoms with Gasteiger partial charge in [-0.3, -0.25) is 4.90 Å². The highest BCUT2D eigenvalue weighted by Gasteiger charge is 2.36. The molecule has 1 aliphatic rings. The minimum absolute atomic E-state index is 0.0612. The Morgan fingerprint density at radius 1 is 1.31 bits per heavy atom. The van der Waals surface area contributed by atoms with Crippen LogP contribution in [0.3, 0.4) is 0 Å². The highest BCUT2D eigenvalue weighted by atomic mass is 19.4. The van der Waals surface area contributed by atoms with Crippen LogP contribution in [0, 0.1) is 0 Å². The van der Waals surface area contributed by atoms with Crippen LogP contribution < -0.4 is 0 Å². The van der Waals surface area contributed by atoms with Crippen molar-refractivity contribution in [2.75, 3.05) is 13.6 Å². The Bertz CT molecular complexity index is 398. The molecule has 1 atom stereocenters. The molecule has 2 rings (SSSR count). The highest BCUT2D eigenvalue weighted by molar-refractivity contribution is 5.40. The van der Waals surface area contributed by atoms with Gasteiger partial charge in [0.2, 0.25) is 0 Å². The van der Waals surface area contributed by atoms with Crippen LogP contribution in [-0.2, 0) is 12.6 Å². The normalized spacial score (nSPS) is 21.9. The summed E-state index contributed by atoms with van der Waals surface area (Å²) in [6.07, 6.45) is -3.76. The quantitative estimate of drug-likeness (QED) is 0.660. The van der Waals surface area contributed by atoms with E-state index in [4.69, 9.17) is 0 Å². The fourth-order valence-electron chi connectivity index (χ4n) is 2.26. The monoisotopic (exact) mass is 229 g/mol. The number of hydrogen-bond donors (Lipinski definition) is 0. The van der Waals surface area contributed by atoms with Crippen LogP contribution in [0.4, 0.5) is 13.2 Å². The molecule has 1 aromatic rings. The Hall–Kier alpha value is -1.03. The van der Waals surface area contributed by atoms with Gasteiger partial charge in [-0.05, 0) is 37.6 Å². The van der Waals surface area contributed by atoms with Crippen LogP contribution in [0.15, 0.2) is 18.2 Å². The maximum Gasteiger partial charge on any atom is 0.416 e. The first-order valence-electron chi connectivity index (χ1n) is 5.30. The molecule has 1 nitrogen and oxygen atoms in total. The molecule has 1 unspecified atom stereocenters. The van der Waals surface area contributed by atoms with Gasteiger partial charge in [-0.25, -0.2) is 0 Å². The first-order chi connectivity index (χ1) is 7.41. The molecule has 0 saturated heterocycles. The van der Waals surface area contributed by atoms with E-state index in [9.17, 15) is 13.2 Å². The average molecular weight is 229 g/mol. The lowest BCUT2D eigenvalue weighted by atomic mass is 9.90. The van der Waals surface area contributed by atoms with Crippen molar-refractivity contribution in [3.8, 4) is 0 Å². The standard InChI is InChI=1S/C12H14F3N/c1-8-9-4-3-5-11(12(13,14)15)10(9)6-7-16(8)2/h3-5,8H,6-7H2,1-2H3. The molecular formula is C12H14F3N. The first kappa shape index (κ1) is 11.5. The Morgan fingerprint density at radius 2 is 2.00 bits per heavy atom. The Kier molecular flexibility index (Phi) is 2.70. The topological polar surface area (TPSA) is 3.24 Å². The smallest absolute Gasteiger partial charge is 0.299 e. The van der Waals surface area contributed by atoms with Crippen LogP contribution in [0.25, 0.3) is 0 Å². The largest absolute Gasteiger partial charge is 0.416 e. The van der Waals surface area contributed by atoms with Crippen molar-refractivity contribution in [2.24, 2.45) is 0 Å². The number of alkyl halides is 3. The zero-order valence-electron chi connectivity index (χ0n) is 9.30. The second-order valence-corrected chi connectivity index (χ2v) is 4.28. The second-order valence-electron chi connectivity index (χ2n) is 4.28. The first-order valence-corrected chi connectivity index (χ1v) is 5.30. The fraction of sp³-hybridized carbons (Fsp3) is 0.500. The molecule has 1 heterocycles. The third-order valence-electron chi connectivity index (χ3n) is 3.34. The number of halogens is 3. The van der Waals surface area contributed by atoms with Crippen molar-refractivity contribution < 1.29 is 13.2 Å². The summed E-state index contributed by atoms with van der Waals surface area (Å²) in [6.45, 7) is 2.62. The molecule has 0 spiro atoms. The Balaban J connectivity index is 2.53. The van der Waals surface area contributed by atoms with E-state index in [0.717, 1.165) is 5.56 Å². The van der Waals surface area contributed by atoms with Gasteiger partial charge in [0, 0.05) is 12.6 Å². The van der Waals surface area contributed by atoms with Crippen LogP contribution in [-0.4, -0.2) is 18.5 Å². The molecule has 4 heteroatoms. The highest BCUT2D eigenvalue weighted by Crippen LogP contribution is 2.38. The summed E-state index contributed by atoms with van der Waals surface area (Å²) >= 11 is 0. The third-order valence-corrected chi connectivity index (χ3v) is 3.34. The molecule has 0 aromatic heterocycles. The third kappa shape index (κ3) is 1.82. The van der Waals surface area contributed by atoms with Crippen molar-refractivity contribution in [2.45, 2.75) is 25.6 Å². The van der Waals surface area contributed by atoms with Gasteiger partial charge < -0.3 is 0 Å². The zero-order valence-corrected chi connectivity index (χ0v) is 9.30. The van der Waals surface area contributed by atoms with E-state index in [2.05, 4.69) is 4.90 Å². The molecular weight excluding hydrogens is 215 g/mol. The van der Waals surface area contributed by atoms with Crippen molar-refractivity contribution in [3.63, 3.8) is 0 Å². The van der Waals surface area contributed by atoms with Crippen molar-refractivity contribution in [3.05, 3.63) is 34.9 Å². The number of fused-ring (bicyclic) bond motifs is 1. The van der Waals surface area contributed by atoms with Crippen molar-refractivity contribution in [1.29, 1.82) is 0 Å². The molecule has 0 N–H and O–H groups in total. The van der Waals surface area contributed by atoms with E-state index in [1.165, 1.54) is 12.1 Å². The number of rotatable bonds is 0. The van der Waals surface area contributed by atoms with E-state index in [1.54, 1.807) is 6.07 Å². The summed E-state index contributed by atoms with van der Waals surface area (Å²) in [5.74, 6) is 0. The van der Waals surface area contributed by atoms with Gasteiger partial charge >= 0.3 is 6.18 Å². The van der Waals surface area contributed by atoms with Crippen LogP contribution in [0.5, 0.6) is 0 Å². The van der Waals surface area contributed by atoms with Crippen LogP contribution in [0.2, 0.25) is 0 Å². The Morgan fingerprint density at radius 3 is 2.62 bits per heavy atom. The predicted octanol–water partition coefficient (Wildman–Crippen LogP) is 3.25. The van der Waals surface area contributed by atoms with Gasteiger partial charge in [-0.2, -0.15) is 13.2 Å². The Labute approximate surface area is 92.9 Å². The van der Waals surface area contributed by atoms with E-state index >= 15 is 0 Å². The van der Waals surface area contributed by atoms with Gasteiger partial charge in [-0.1, -0.05) is 12.1 Å². The van der Waals surface area contributed by atoms with E-state index in [-0.39, 0.29) is 6.04 Å². The predicted molar refractivity (Wildman–Crippen MR) is 56.2 cm³/mol. The molecule has 0 radical (unpaired) electrons. The fourth-order valence-corrected chi connectivity index (χ4v) is 2.26. The maximum atomic E-state index is 12.8. The van der Waals surface area contributed by atoms with Gasteiger partial charge in [0.05, 0.1) is 5.56 Å². The molecule has 1 aliphatic heterocycles. The van der Waals surface area contributed by atoms with Crippen molar-refractivity contribution in [1.82, 2.24) is 4.90 Å². The summed E-state index contributed by atoms with van der Waals surface area (Å²) < 4.78 is 38.4. The molecule has 0 aliphatic carbocycles. The number of hydrogen-bond acceptors (Lipinski definition) is 1. The lowest BCUT2D eigenvalue weighted by Crippen LogP contribution is -2.31.